The summed E-state index contributed by atoms with van der Waals surface area (Å²) < 4.78 is 0. The minimum atomic E-state index is 0.0777. The summed E-state index contributed by atoms with van der Waals surface area (Å²) in [6, 6.07) is 9.70. The first kappa shape index (κ1) is 17.6. The Morgan fingerprint density at radius 3 is 2.39 bits per heavy atom. The van der Waals surface area contributed by atoms with Gasteiger partial charge >= 0.3 is 0 Å². The minimum absolute atomic E-state index is 0.0777. The Morgan fingerprint density at radius 2 is 1.71 bits per heavy atom. The molecule has 3 fully saturated rings. The van der Waals surface area contributed by atoms with Gasteiger partial charge in [-0.1, -0.05) is 24.3 Å². The lowest BCUT2D eigenvalue weighted by atomic mass is 9.94. The Kier molecular flexibility index (Phi) is 4.51. The minimum Gasteiger partial charge on any atom is -0.357 e. The van der Waals surface area contributed by atoms with E-state index >= 15 is 0 Å². The fourth-order valence-corrected chi connectivity index (χ4v) is 5.19. The smallest absolute Gasteiger partial charge is 0.257 e. The summed E-state index contributed by atoms with van der Waals surface area (Å²) in [6.45, 7) is 2.94. The molecule has 2 aromatic rings. The van der Waals surface area contributed by atoms with Gasteiger partial charge in [0.15, 0.2) is 0 Å². The zero-order chi connectivity index (χ0) is 19.1. The van der Waals surface area contributed by atoms with Gasteiger partial charge in [0.05, 0.1) is 5.56 Å². The maximum absolute atomic E-state index is 13.2. The predicted molar refractivity (Wildman–Crippen MR) is 108 cm³/mol. The van der Waals surface area contributed by atoms with Crippen molar-refractivity contribution in [2.24, 2.45) is 5.92 Å². The summed E-state index contributed by atoms with van der Waals surface area (Å²) in [6.07, 6.45) is 7.89. The number of aromatic nitrogens is 2. The SMILES string of the molecule is CNc1ncc(C(=O)N2C[C@@H]3CC[C@H]2CN(C2Cc4ccccc4C2)C3)cn1. The lowest BCUT2D eigenvalue weighted by Gasteiger charge is -2.36. The highest BCUT2D eigenvalue weighted by atomic mass is 16.2. The van der Waals surface area contributed by atoms with Gasteiger partial charge in [0.25, 0.3) is 5.91 Å². The van der Waals surface area contributed by atoms with E-state index in [1.165, 1.54) is 17.5 Å². The maximum atomic E-state index is 13.2. The number of anilines is 1. The molecule has 1 aliphatic carbocycles. The molecule has 3 saturated heterocycles. The van der Waals surface area contributed by atoms with Gasteiger partial charge in [-0.2, -0.15) is 0 Å². The van der Waals surface area contributed by atoms with Crippen molar-refractivity contribution in [1.29, 1.82) is 0 Å². The van der Waals surface area contributed by atoms with Gasteiger partial charge < -0.3 is 10.2 Å². The highest BCUT2D eigenvalue weighted by Gasteiger charge is 2.40. The number of carbonyl (C=O) groups excluding carboxylic acids is 1. The van der Waals surface area contributed by atoms with Gasteiger partial charge in [0.1, 0.15) is 0 Å². The number of hydrogen-bond donors (Lipinski definition) is 1. The first-order valence-corrected chi connectivity index (χ1v) is 10.3. The molecule has 1 aromatic carbocycles. The van der Waals surface area contributed by atoms with Crippen molar-refractivity contribution in [2.75, 3.05) is 32.0 Å². The second-order valence-corrected chi connectivity index (χ2v) is 8.38. The third kappa shape index (κ3) is 3.15. The topological polar surface area (TPSA) is 61.4 Å². The molecular weight excluding hydrogens is 350 g/mol. The molecule has 0 spiro atoms. The van der Waals surface area contributed by atoms with Crippen LogP contribution >= 0.6 is 0 Å². The first-order chi connectivity index (χ1) is 13.7. The summed E-state index contributed by atoms with van der Waals surface area (Å²) in [5.41, 5.74) is 3.59. The Hall–Kier alpha value is -2.47. The van der Waals surface area contributed by atoms with Gasteiger partial charge in [0, 0.05) is 51.2 Å². The lowest BCUT2D eigenvalue weighted by molar-refractivity contribution is 0.0581. The molecule has 1 aromatic heterocycles. The molecule has 6 rings (SSSR count). The van der Waals surface area contributed by atoms with Crippen molar-refractivity contribution < 1.29 is 4.79 Å². The normalized spacial score (nSPS) is 24.8. The second kappa shape index (κ2) is 7.17. The molecule has 1 N–H and O–H groups in total. The number of rotatable bonds is 3. The van der Waals surface area contributed by atoms with E-state index in [9.17, 15) is 4.79 Å². The van der Waals surface area contributed by atoms with Crippen LogP contribution in [-0.2, 0) is 12.8 Å². The van der Waals surface area contributed by atoms with Gasteiger partial charge in [-0.25, -0.2) is 9.97 Å². The van der Waals surface area contributed by atoms with E-state index in [2.05, 4.69) is 49.4 Å². The number of nitrogens with zero attached hydrogens (tertiary/aromatic N) is 4. The number of hydrogen-bond acceptors (Lipinski definition) is 5. The number of fused-ring (bicyclic) bond motifs is 5. The number of piperidine rings is 1. The lowest BCUT2D eigenvalue weighted by Crippen LogP contribution is -2.48. The Balaban J connectivity index is 1.32. The second-order valence-electron chi connectivity index (χ2n) is 8.38. The van der Waals surface area contributed by atoms with Crippen molar-refractivity contribution in [2.45, 2.75) is 37.8 Å². The zero-order valence-electron chi connectivity index (χ0n) is 16.3. The highest BCUT2D eigenvalue weighted by Crippen LogP contribution is 2.33. The Morgan fingerprint density at radius 1 is 1.00 bits per heavy atom. The van der Waals surface area contributed by atoms with Crippen molar-refractivity contribution in [3.05, 3.63) is 53.3 Å². The van der Waals surface area contributed by atoms with Crippen molar-refractivity contribution >= 4 is 11.9 Å². The largest absolute Gasteiger partial charge is 0.357 e. The standard InChI is InChI=1S/C22H27N5O/c1-23-22-24-10-18(11-25-22)21(28)27-13-15-6-7-19(27)14-26(12-15)20-8-16-4-2-3-5-17(16)9-20/h2-5,10-11,15,19-20H,6-9,12-14H2,1H3,(H,23,24,25)/t15-,19+/m1/s1. The summed E-state index contributed by atoms with van der Waals surface area (Å²) >= 11 is 0. The van der Waals surface area contributed by atoms with Crippen molar-refractivity contribution in [3.8, 4) is 0 Å². The van der Waals surface area contributed by atoms with Crippen molar-refractivity contribution in [3.63, 3.8) is 0 Å². The van der Waals surface area contributed by atoms with Crippen LogP contribution in [0.2, 0.25) is 0 Å². The molecular formula is C22H27N5O. The molecule has 0 saturated carbocycles. The van der Waals surface area contributed by atoms with Crippen LogP contribution in [0.4, 0.5) is 5.95 Å². The molecule has 1 amide bonds. The van der Waals surface area contributed by atoms with Gasteiger partial charge in [-0.15, -0.1) is 0 Å². The van der Waals surface area contributed by atoms with Crippen LogP contribution in [0.5, 0.6) is 0 Å². The van der Waals surface area contributed by atoms with E-state index in [4.69, 9.17) is 0 Å². The molecule has 0 radical (unpaired) electrons. The fourth-order valence-electron chi connectivity index (χ4n) is 5.19. The molecule has 2 bridgehead atoms. The third-order valence-electron chi connectivity index (χ3n) is 6.67. The molecule has 146 valence electrons. The summed E-state index contributed by atoms with van der Waals surface area (Å²) in [4.78, 5) is 26.3. The fraction of sp³-hybridized carbons (Fsp3) is 0.500. The van der Waals surface area contributed by atoms with Crippen LogP contribution in [0.1, 0.15) is 34.3 Å². The van der Waals surface area contributed by atoms with Crippen LogP contribution in [-0.4, -0.2) is 64.4 Å². The summed E-state index contributed by atoms with van der Waals surface area (Å²) in [5, 5.41) is 2.90. The highest BCUT2D eigenvalue weighted by molar-refractivity contribution is 5.94. The predicted octanol–water partition coefficient (Wildman–Crippen LogP) is 2.22. The van der Waals surface area contributed by atoms with E-state index in [1.54, 1.807) is 19.4 Å². The van der Waals surface area contributed by atoms with Gasteiger partial charge in [0.2, 0.25) is 5.95 Å². The number of nitrogens with one attached hydrogen (secondary N) is 1. The number of carbonyl (C=O) groups is 1. The van der Waals surface area contributed by atoms with E-state index in [-0.39, 0.29) is 5.91 Å². The monoisotopic (exact) mass is 377 g/mol. The maximum Gasteiger partial charge on any atom is 0.257 e. The van der Waals surface area contributed by atoms with Gasteiger partial charge in [-0.3, -0.25) is 9.69 Å². The summed E-state index contributed by atoms with van der Waals surface area (Å²) in [5.74, 6) is 1.18. The number of amides is 1. The average molecular weight is 377 g/mol. The summed E-state index contributed by atoms with van der Waals surface area (Å²) in [7, 11) is 1.78. The molecule has 0 unspecified atom stereocenters. The van der Waals surface area contributed by atoms with Crippen LogP contribution in [0.25, 0.3) is 0 Å². The van der Waals surface area contributed by atoms with E-state index in [1.807, 2.05) is 0 Å². The number of benzene rings is 1. The van der Waals surface area contributed by atoms with E-state index in [0.29, 0.717) is 29.5 Å². The van der Waals surface area contributed by atoms with E-state index in [0.717, 1.165) is 38.9 Å². The molecule has 4 aliphatic rings. The Labute approximate surface area is 166 Å². The first-order valence-electron chi connectivity index (χ1n) is 10.3. The molecule has 28 heavy (non-hydrogen) atoms. The van der Waals surface area contributed by atoms with Crippen LogP contribution in [0.3, 0.4) is 0 Å². The zero-order valence-corrected chi connectivity index (χ0v) is 16.3. The van der Waals surface area contributed by atoms with Gasteiger partial charge in [-0.05, 0) is 42.7 Å². The van der Waals surface area contributed by atoms with E-state index < -0.39 is 0 Å². The van der Waals surface area contributed by atoms with Crippen molar-refractivity contribution in [1.82, 2.24) is 19.8 Å². The third-order valence-corrected chi connectivity index (χ3v) is 6.67. The molecule has 6 nitrogen and oxygen atoms in total. The van der Waals surface area contributed by atoms with Crippen LogP contribution < -0.4 is 5.32 Å². The Bertz CT molecular complexity index is 842. The van der Waals surface area contributed by atoms with Crippen LogP contribution in [0.15, 0.2) is 36.7 Å². The molecule has 2 atom stereocenters. The molecule has 6 heteroatoms. The molecule has 4 heterocycles. The van der Waals surface area contributed by atoms with Crippen LogP contribution in [0, 0.1) is 5.92 Å². The molecule has 3 aliphatic heterocycles. The average Bonchev–Trinajstić information content (AvgIpc) is 2.96. The quantitative estimate of drug-likeness (QED) is 0.889.